The highest BCUT2D eigenvalue weighted by atomic mass is 16.2. The van der Waals surface area contributed by atoms with Crippen molar-refractivity contribution in [3.63, 3.8) is 0 Å². The predicted octanol–water partition coefficient (Wildman–Crippen LogP) is 1.61. The fourth-order valence-corrected chi connectivity index (χ4v) is 2.95. The summed E-state index contributed by atoms with van der Waals surface area (Å²) in [6, 6.07) is 0. The van der Waals surface area contributed by atoms with Crippen molar-refractivity contribution in [1.29, 1.82) is 0 Å². The summed E-state index contributed by atoms with van der Waals surface area (Å²) in [5.41, 5.74) is 0. The molecule has 3 atom stereocenters. The van der Waals surface area contributed by atoms with Gasteiger partial charge in [-0.25, -0.2) is 0 Å². The molecule has 1 aliphatic heterocycles. The van der Waals surface area contributed by atoms with Crippen LogP contribution in [0.5, 0.6) is 0 Å². The summed E-state index contributed by atoms with van der Waals surface area (Å²) in [7, 11) is 8.05. The van der Waals surface area contributed by atoms with Gasteiger partial charge in [0.2, 0.25) is 5.91 Å². The van der Waals surface area contributed by atoms with Gasteiger partial charge in [-0.15, -0.1) is 0 Å². The molecule has 0 N–H and O–H groups in total. The van der Waals surface area contributed by atoms with Gasteiger partial charge in [0.25, 0.3) is 0 Å². The highest BCUT2D eigenvalue weighted by molar-refractivity contribution is 6.15. The standard InChI is InChI=1S/C11H18BNO/c1-11(12)5-3-9-8(7-11)4-6-13(2)10(9)14/h8-9H,3-7H2,1-2H3. The zero-order valence-electron chi connectivity index (χ0n) is 9.12. The predicted molar refractivity (Wildman–Crippen MR) is 57.2 cm³/mol. The van der Waals surface area contributed by atoms with E-state index in [9.17, 15) is 4.79 Å². The number of nitrogens with zero attached hydrogens (tertiary/aromatic N) is 1. The number of amides is 1. The van der Waals surface area contributed by atoms with Gasteiger partial charge in [-0.3, -0.25) is 4.79 Å². The first-order valence-electron chi connectivity index (χ1n) is 5.53. The summed E-state index contributed by atoms with van der Waals surface area (Å²) in [5, 5.41) is -0.0304. The molecule has 0 aromatic heterocycles. The van der Waals surface area contributed by atoms with E-state index in [0.717, 1.165) is 32.2 Å². The van der Waals surface area contributed by atoms with Crippen LogP contribution in [0.4, 0.5) is 0 Å². The lowest BCUT2D eigenvalue weighted by Gasteiger charge is -2.45. The van der Waals surface area contributed by atoms with Crippen molar-refractivity contribution in [2.24, 2.45) is 11.8 Å². The minimum absolute atomic E-state index is 0.0304. The van der Waals surface area contributed by atoms with Crippen molar-refractivity contribution in [2.75, 3.05) is 13.6 Å². The van der Waals surface area contributed by atoms with Crippen LogP contribution in [0.25, 0.3) is 0 Å². The second kappa shape index (κ2) is 3.28. The third kappa shape index (κ3) is 1.69. The molecule has 76 valence electrons. The summed E-state index contributed by atoms with van der Waals surface area (Å²) in [4.78, 5) is 13.7. The molecule has 2 fully saturated rings. The fraction of sp³-hybridized carbons (Fsp3) is 0.909. The van der Waals surface area contributed by atoms with Crippen LogP contribution in [0.1, 0.15) is 32.6 Å². The molecule has 0 aromatic rings. The molecular formula is C11H18BNO. The molecule has 0 aromatic carbocycles. The minimum Gasteiger partial charge on any atom is -0.346 e. The van der Waals surface area contributed by atoms with E-state index in [1.807, 2.05) is 11.9 Å². The molecular weight excluding hydrogens is 173 g/mol. The van der Waals surface area contributed by atoms with E-state index in [1.165, 1.54) is 0 Å². The molecule has 0 bridgehead atoms. The second-order valence-corrected chi connectivity index (χ2v) is 5.31. The maximum atomic E-state index is 11.9. The van der Waals surface area contributed by atoms with Gasteiger partial charge in [-0.1, -0.05) is 25.1 Å². The third-order valence-corrected chi connectivity index (χ3v) is 3.85. The van der Waals surface area contributed by atoms with E-state index in [1.54, 1.807) is 0 Å². The van der Waals surface area contributed by atoms with Crippen molar-refractivity contribution >= 4 is 13.8 Å². The Morgan fingerprint density at radius 2 is 2.21 bits per heavy atom. The third-order valence-electron chi connectivity index (χ3n) is 3.85. The minimum atomic E-state index is -0.0304. The Morgan fingerprint density at radius 1 is 1.50 bits per heavy atom. The van der Waals surface area contributed by atoms with E-state index in [4.69, 9.17) is 7.85 Å². The first-order valence-corrected chi connectivity index (χ1v) is 5.53. The number of fused-ring (bicyclic) bond motifs is 1. The zero-order chi connectivity index (χ0) is 10.3. The van der Waals surface area contributed by atoms with Crippen molar-refractivity contribution < 1.29 is 4.79 Å². The average Bonchev–Trinajstić information content (AvgIpc) is 2.10. The summed E-state index contributed by atoms with van der Waals surface area (Å²) in [5.74, 6) is 1.16. The molecule has 0 spiro atoms. The van der Waals surface area contributed by atoms with E-state index in [2.05, 4.69) is 6.92 Å². The van der Waals surface area contributed by atoms with Crippen LogP contribution in [0.3, 0.4) is 0 Å². The molecule has 1 saturated heterocycles. The lowest BCUT2D eigenvalue weighted by Crippen LogP contribution is -2.46. The van der Waals surface area contributed by atoms with E-state index < -0.39 is 0 Å². The number of hydrogen-bond donors (Lipinski definition) is 0. The second-order valence-electron chi connectivity index (χ2n) is 5.31. The molecule has 2 nitrogen and oxygen atoms in total. The Morgan fingerprint density at radius 3 is 2.93 bits per heavy atom. The lowest BCUT2D eigenvalue weighted by atomic mass is 9.55. The molecule has 14 heavy (non-hydrogen) atoms. The van der Waals surface area contributed by atoms with Gasteiger partial charge in [-0.2, -0.15) is 0 Å². The SMILES string of the molecule is [B]C1(C)CCC2C(=O)N(C)CCC2C1. The average molecular weight is 191 g/mol. The van der Waals surface area contributed by atoms with Crippen LogP contribution in [-0.2, 0) is 4.79 Å². The number of carbonyl (C=O) groups excluding carboxylic acids is 1. The molecule has 1 saturated carbocycles. The number of carbonyl (C=O) groups is 1. The summed E-state index contributed by atoms with van der Waals surface area (Å²) in [6.45, 7) is 3.03. The molecule has 2 aliphatic rings. The number of rotatable bonds is 0. The summed E-state index contributed by atoms with van der Waals surface area (Å²) < 4.78 is 0. The monoisotopic (exact) mass is 191 g/mol. The number of likely N-dealkylation sites (tertiary alicyclic amines) is 1. The van der Waals surface area contributed by atoms with Gasteiger partial charge < -0.3 is 4.90 Å². The largest absolute Gasteiger partial charge is 0.346 e. The Labute approximate surface area is 87.5 Å². The normalized spacial score (nSPS) is 43.6. The number of hydrogen-bond acceptors (Lipinski definition) is 1. The van der Waals surface area contributed by atoms with Crippen molar-refractivity contribution in [1.82, 2.24) is 4.90 Å². The summed E-state index contributed by atoms with van der Waals surface area (Å²) >= 11 is 0. The van der Waals surface area contributed by atoms with Crippen LogP contribution in [0, 0.1) is 11.8 Å². The van der Waals surface area contributed by atoms with Crippen LogP contribution in [0.2, 0.25) is 5.31 Å². The Bertz CT molecular complexity index is 252. The first-order chi connectivity index (χ1) is 6.49. The molecule has 1 aliphatic carbocycles. The Kier molecular flexibility index (Phi) is 2.36. The van der Waals surface area contributed by atoms with Crippen LogP contribution < -0.4 is 0 Å². The highest BCUT2D eigenvalue weighted by Crippen LogP contribution is 2.47. The first kappa shape index (κ1) is 10.1. The molecule has 3 heteroatoms. The van der Waals surface area contributed by atoms with Crippen molar-refractivity contribution in [3.05, 3.63) is 0 Å². The van der Waals surface area contributed by atoms with Crippen molar-refractivity contribution in [2.45, 2.75) is 37.9 Å². The van der Waals surface area contributed by atoms with E-state index in [0.29, 0.717) is 11.8 Å². The molecule has 2 rings (SSSR count). The van der Waals surface area contributed by atoms with Gasteiger partial charge in [-0.05, 0) is 18.8 Å². The number of piperidine rings is 1. The van der Waals surface area contributed by atoms with E-state index >= 15 is 0 Å². The van der Waals surface area contributed by atoms with E-state index in [-0.39, 0.29) is 11.2 Å². The molecule has 1 heterocycles. The maximum absolute atomic E-state index is 11.9. The maximum Gasteiger partial charge on any atom is 0.225 e. The van der Waals surface area contributed by atoms with Crippen LogP contribution in [-0.4, -0.2) is 32.2 Å². The smallest absolute Gasteiger partial charge is 0.225 e. The highest BCUT2D eigenvalue weighted by Gasteiger charge is 2.41. The van der Waals surface area contributed by atoms with Crippen LogP contribution >= 0.6 is 0 Å². The van der Waals surface area contributed by atoms with Gasteiger partial charge in [0.15, 0.2) is 0 Å². The quantitative estimate of drug-likeness (QED) is 0.532. The van der Waals surface area contributed by atoms with Gasteiger partial charge in [0.1, 0.15) is 0 Å². The van der Waals surface area contributed by atoms with Gasteiger partial charge in [0, 0.05) is 19.5 Å². The lowest BCUT2D eigenvalue weighted by molar-refractivity contribution is -0.141. The molecule has 3 unspecified atom stereocenters. The Hall–Kier alpha value is -0.465. The zero-order valence-corrected chi connectivity index (χ0v) is 9.12. The topological polar surface area (TPSA) is 20.3 Å². The van der Waals surface area contributed by atoms with Gasteiger partial charge in [0.05, 0.1) is 7.85 Å². The van der Waals surface area contributed by atoms with Gasteiger partial charge >= 0.3 is 0 Å². The molecule has 2 radical (unpaired) electrons. The Balaban J connectivity index is 2.09. The summed E-state index contributed by atoms with van der Waals surface area (Å²) in [6.07, 6.45) is 4.14. The van der Waals surface area contributed by atoms with Crippen LogP contribution in [0.15, 0.2) is 0 Å². The fourth-order valence-electron chi connectivity index (χ4n) is 2.95. The molecule has 1 amide bonds. The van der Waals surface area contributed by atoms with Crippen molar-refractivity contribution in [3.8, 4) is 0 Å².